The Kier molecular flexibility index (Phi) is 4.20. The van der Waals surface area contributed by atoms with E-state index in [1.54, 1.807) is 25.4 Å². The lowest BCUT2D eigenvalue weighted by Gasteiger charge is -2.05. The minimum absolute atomic E-state index is 0.695. The molecule has 18 heavy (non-hydrogen) atoms. The Morgan fingerprint density at radius 2 is 1.56 bits per heavy atom. The first-order valence-corrected chi connectivity index (χ1v) is 5.89. The van der Waals surface area contributed by atoms with Gasteiger partial charge in [0, 0.05) is 12.1 Å². The van der Waals surface area contributed by atoms with Crippen molar-refractivity contribution in [2.75, 3.05) is 7.05 Å². The number of rotatable bonds is 4. The number of hydrazone groups is 1. The molecule has 0 fully saturated rings. The van der Waals surface area contributed by atoms with E-state index >= 15 is 0 Å². The van der Waals surface area contributed by atoms with Gasteiger partial charge in [-0.1, -0.05) is 11.6 Å². The van der Waals surface area contributed by atoms with Gasteiger partial charge in [0.2, 0.25) is 0 Å². The largest absolute Gasteiger partial charge is 0.457 e. The highest BCUT2D eigenvalue weighted by Gasteiger charge is 1.97. The second-order valence-corrected chi connectivity index (χ2v) is 4.04. The van der Waals surface area contributed by atoms with Crippen molar-refractivity contribution in [3.05, 3.63) is 59.1 Å². The summed E-state index contributed by atoms with van der Waals surface area (Å²) in [5.41, 5.74) is 3.71. The van der Waals surface area contributed by atoms with Crippen LogP contribution in [0.15, 0.2) is 53.6 Å². The van der Waals surface area contributed by atoms with E-state index < -0.39 is 0 Å². The summed E-state index contributed by atoms with van der Waals surface area (Å²) in [5.74, 6) is 1.54. The summed E-state index contributed by atoms with van der Waals surface area (Å²) < 4.78 is 5.67. The smallest absolute Gasteiger partial charge is 0.127 e. The highest BCUT2D eigenvalue weighted by atomic mass is 35.5. The quantitative estimate of drug-likeness (QED) is 0.672. The number of hydrogen-bond acceptors (Lipinski definition) is 3. The van der Waals surface area contributed by atoms with Gasteiger partial charge in [-0.15, -0.1) is 0 Å². The Labute approximate surface area is 111 Å². The molecule has 2 aromatic carbocycles. The number of halogens is 1. The second-order valence-electron chi connectivity index (χ2n) is 3.61. The fourth-order valence-electron chi connectivity index (χ4n) is 1.40. The first-order valence-electron chi connectivity index (χ1n) is 5.51. The molecule has 92 valence electrons. The Hall–Kier alpha value is -2.00. The Balaban J connectivity index is 2.06. The average Bonchev–Trinajstić information content (AvgIpc) is 2.41. The Morgan fingerprint density at radius 3 is 2.11 bits per heavy atom. The van der Waals surface area contributed by atoms with E-state index in [0.29, 0.717) is 5.02 Å². The minimum Gasteiger partial charge on any atom is -0.457 e. The van der Waals surface area contributed by atoms with Gasteiger partial charge in [-0.3, -0.25) is 0 Å². The molecule has 0 aliphatic carbocycles. The van der Waals surface area contributed by atoms with Gasteiger partial charge < -0.3 is 10.2 Å². The van der Waals surface area contributed by atoms with Crippen LogP contribution in [0, 0.1) is 0 Å². The molecular weight excluding hydrogens is 248 g/mol. The van der Waals surface area contributed by atoms with Crippen LogP contribution in [0.1, 0.15) is 5.56 Å². The molecule has 3 nitrogen and oxygen atoms in total. The van der Waals surface area contributed by atoms with Gasteiger partial charge in [0.25, 0.3) is 0 Å². The molecule has 0 saturated carbocycles. The lowest BCUT2D eigenvalue weighted by Crippen LogP contribution is -1.94. The maximum Gasteiger partial charge on any atom is 0.127 e. The number of benzene rings is 2. The van der Waals surface area contributed by atoms with Crippen molar-refractivity contribution in [3.63, 3.8) is 0 Å². The fraction of sp³-hybridized carbons (Fsp3) is 0.0714. The van der Waals surface area contributed by atoms with E-state index in [-0.39, 0.29) is 0 Å². The molecule has 0 radical (unpaired) electrons. The average molecular weight is 261 g/mol. The highest BCUT2D eigenvalue weighted by molar-refractivity contribution is 6.30. The third kappa shape index (κ3) is 3.50. The third-order valence-electron chi connectivity index (χ3n) is 2.27. The summed E-state index contributed by atoms with van der Waals surface area (Å²) >= 11 is 5.81. The molecule has 4 heteroatoms. The zero-order valence-corrected chi connectivity index (χ0v) is 10.7. The van der Waals surface area contributed by atoms with Gasteiger partial charge in [0.05, 0.1) is 6.21 Å². The molecule has 0 aliphatic rings. The van der Waals surface area contributed by atoms with Crippen molar-refractivity contribution in [1.29, 1.82) is 0 Å². The lowest BCUT2D eigenvalue weighted by molar-refractivity contribution is 0.482. The van der Waals surface area contributed by atoms with E-state index in [4.69, 9.17) is 16.3 Å². The van der Waals surface area contributed by atoms with Crippen LogP contribution in [-0.2, 0) is 0 Å². The third-order valence-corrected chi connectivity index (χ3v) is 2.52. The van der Waals surface area contributed by atoms with Gasteiger partial charge in [0.1, 0.15) is 11.5 Å². The van der Waals surface area contributed by atoms with Crippen molar-refractivity contribution in [3.8, 4) is 11.5 Å². The predicted octanol–water partition coefficient (Wildman–Crippen LogP) is 3.69. The monoisotopic (exact) mass is 260 g/mol. The molecule has 0 aromatic heterocycles. The van der Waals surface area contributed by atoms with Crippen LogP contribution in [0.5, 0.6) is 11.5 Å². The Morgan fingerprint density at radius 1 is 1.00 bits per heavy atom. The molecular formula is C14H13ClN2O. The SMILES string of the molecule is CNN=Cc1ccc(Oc2ccc(Cl)cc2)cc1. The number of nitrogens with zero attached hydrogens (tertiary/aromatic N) is 1. The van der Waals surface area contributed by atoms with Crippen LogP contribution in [0.4, 0.5) is 0 Å². The number of nitrogens with one attached hydrogen (secondary N) is 1. The van der Waals surface area contributed by atoms with Gasteiger partial charge in [-0.25, -0.2) is 0 Å². The second kappa shape index (κ2) is 6.07. The standard InChI is InChI=1S/C14H13ClN2O/c1-16-17-10-11-2-6-13(7-3-11)18-14-8-4-12(15)5-9-14/h2-10,16H,1H3. The maximum absolute atomic E-state index is 5.81. The van der Waals surface area contributed by atoms with Crippen molar-refractivity contribution in [1.82, 2.24) is 5.43 Å². The van der Waals surface area contributed by atoms with Gasteiger partial charge in [0.15, 0.2) is 0 Å². The van der Waals surface area contributed by atoms with E-state index in [1.807, 2.05) is 36.4 Å². The van der Waals surface area contributed by atoms with Crippen LogP contribution < -0.4 is 10.2 Å². The number of hydrogen-bond donors (Lipinski definition) is 1. The Bertz CT molecular complexity index is 520. The highest BCUT2D eigenvalue weighted by Crippen LogP contribution is 2.22. The maximum atomic E-state index is 5.81. The van der Waals surface area contributed by atoms with Gasteiger partial charge in [-0.2, -0.15) is 5.10 Å². The molecule has 0 aliphatic heterocycles. The van der Waals surface area contributed by atoms with Crippen molar-refractivity contribution in [2.24, 2.45) is 5.10 Å². The van der Waals surface area contributed by atoms with Crippen LogP contribution in [-0.4, -0.2) is 13.3 Å². The van der Waals surface area contributed by atoms with Crippen LogP contribution in [0.3, 0.4) is 0 Å². The summed E-state index contributed by atoms with van der Waals surface area (Å²) in [5, 5.41) is 4.63. The summed E-state index contributed by atoms with van der Waals surface area (Å²) in [4.78, 5) is 0. The summed E-state index contributed by atoms with van der Waals surface area (Å²) in [6.45, 7) is 0. The molecule has 2 rings (SSSR count). The summed E-state index contributed by atoms with van der Waals surface area (Å²) in [6.07, 6.45) is 1.74. The van der Waals surface area contributed by atoms with Gasteiger partial charge >= 0.3 is 0 Å². The summed E-state index contributed by atoms with van der Waals surface area (Å²) in [6, 6.07) is 14.9. The molecule has 0 spiro atoms. The van der Waals surface area contributed by atoms with Crippen molar-refractivity contribution >= 4 is 17.8 Å². The van der Waals surface area contributed by atoms with E-state index in [1.165, 1.54) is 0 Å². The number of ether oxygens (including phenoxy) is 1. The van der Waals surface area contributed by atoms with Crippen LogP contribution in [0.25, 0.3) is 0 Å². The molecule has 0 bridgehead atoms. The molecule has 0 saturated heterocycles. The minimum atomic E-state index is 0.695. The summed E-state index contributed by atoms with van der Waals surface area (Å²) in [7, 11) is 1.76. The van der Waals surface area contributed by atoms with Crippen molar-refractivity contribution < 1.29 is 4.74 Å². The van der Waals surface area contributed by atoms with E-state index in [9.17, 15) is 0 Å². The normalized spacial score (nSPS) is 10.6. The van der Waals surface area contributed by atoms with E-state index in [0.717, 1.165) is 17.1 Å². The molecule has 0 unspecified atom stereocenters. The lowest BCUT2D eigenvalue weighted by atomic mass is 10.2. The van der Waals surface area contributed by atoms with Gasteiger partial charge in [-0.05, 0) is 54.1 Å². The molecule has 0 amide bonds. The van der Waals surface area contributed by atoms with Crippen LogP contribution in [0.2, 0.25) is 5.02 Å². The fourth-order valence-corrected chi connectivity index (χ4v) is 1.53. The molecule has 1 N–H and O–H groups in total. The molecule has 0 atom stereocenters. The first kappa shape index (κ1) is 12.5. The topological polar surface area (TPSA) is 33.6 Å². The first-order chi connectivity index (χ1) is 8.78. The van der Waals surface area contributed by atoms with E-state index in [2.05, 4.69) is 10.5 Å². The molecule has 2 aromatic rings. The predicted molar refractivity (Wildman–Crippen MR) is 74.6 cm³/mol. The molecule has 0 heterocycles. The van der Waals surface area contributed by atoms with Crippen LogP contribution >= 0.6 is 11.6 Å². The zero-order chi connectivity index (χ0) is 12.8. The zero-order valence-electron chi connectivity index (χ0n) is 9.93. The van der Waals surface area contributed by atoms with Crippen molar-refractivity contribution in [2.45, 2.75) is 0 Å².